The van der Waals surface area contributed by atoms with Crippen molar-refractivity contribution in [3.63, 3.8) is 0 Å². The van der Waals surface area contributed by atoms with Gasteiger partial charge in [-0.15, -0.1) is 0 Å². The summed E-state index contributed by atoms with van der Waals surface area (Å²) in [5.74, 6) is -0.361. The van der Waals surface area contributed by atoms with Gasteiger partial charge in [0.2, 0.25) is 5.91 Å². The van der Waals surface area contributed by atoms with E-state index in [1.807, 2.05) is 0 Å². The normalized spacial score (nSPS) is 22.9. The molecule has 0 heterocycles. The van der Waals surface area contributed by atoms with E-state index in [2.05, 4.69) is 5.32 Å². The number of aliphatic hydroxyl groups excluding tert-OH is 1. The van der Waals surface area contributed by atoms with E-state index in [0.29, 0.717) is 0 Å². The summed E-state index contributed by atoms with van der Waals surface area (Å²) in [6.45, 7) is 1.82. The molecule has 0 aliphatic heterocycles. The molecule has 0 spiro atoms. The molecule has 1 aliphatic rings. The van der Waals surface area contributed by atoms with Gasteiger partial charge < -0.3 is 10.8 Å². The Morgan fingerprint density at radius 1 is 1.62 bits per heavy atom. The Kier molecular flexibility index (Phi) is 3.27. The molecule has 1 fully saturated rings. The number of amides is 1. The van der Waals surface area contributed by atoms with Gasteiger partial charge in [0.05, 0.1) is 12.6 Å². The fraction of sp³-hybridized carbons (Fsp3) is 0.889. The van der Waals surface area contributed by atoms with Gasteiger partial charge in [0.15, 0.2) is 0 Å². The maximum atomic E-state index is 10.8. The van der Waals surface area contributed by atoms with Crippen LogP contribution in [0.3, 0.4) is 0 Å². The van der Waals surface area contributed by atoms with Gasteiger partial charge in [-0.1, -0.05) is 12.8 Å². The molecule has 4 nitrogen and oxygen atoms in total. The highest BCUT2D eigenvalue weighted by atomic mass is 16.3. The lowest BCUT2D eigenvalue weighted by Crippen LogP contribution is -2.54. The Bertz CT molecular complexity index is 188. The molecule has 1 amide bonds. The molecule has 1 aliphatic carbocycles. The highest BCUT2D eigenvalue weighted by Crippen LogP contribution is 2.29. The average molecular weight is 186 g/mol. The number of nitrogens with one attached hydrogen (secondary N) is 1. The Labute approximate surface area is 78.5 Å². The Morgan fingerprint density at radius 2 is 2.15 bits per heavy atom. The standard InChI is InChI=1S/C9H18N2O2/c1-7(8(10)13)11-9(6-12)4-2-3-5-9/h7,11-12H,2-6H2,1H3,(H2,10,13). The van der Waals surface area contributed by atoms with Crippen LogP contribution in [0.4, 0.5) is 0 Å². The second-order valence-electron chi connectivity index (χ2n) is 3.91. The number of hydrogen-bond donors (Lipinski definition) is 3. The van der Waals surface area contributed by atoms with Crippen LogP contribution in [0.5, 0.6) is 0 Å². The van der Waals surface area contributed by atoms with Crippen LogP contribution in [0.25, 0.3) is 0 Å². The van der Waals surface area contributed by atoms with Crippen molar-refractivity contribution in [1.29, 1.82) is 0 Å². The lowest BCUT2D eigenvalue weighted by molar-refractivity contribution is -0.120. The molecule has 13 heavy (non-hydrogen) atoms. The van der Waals surface area contributed by atoms with Crippen molar-refractivity contribution in [3.8, 4) is 0 Å². The molecule has 1 unspecified atom stereocenters. The smallest absolute Gasteiger partial charge is 0.234 e. The van der Waals surface area contributed by atoms with Crippen LogP contribution in [0.1, 0.15) is 32.6 Å². The summed E-state index contributed by atoms with van der Waals surface area (Å²) in [6, 6.07) is -0.356. The first-order valence-electron chi connectivity index (χ1n) is 4.77. The van der Waals surface area contributed by atoms with Crippen molar-refractivity contribution < 1.29 is 9.90 Å². The topological polar surface area (TPSA) is 75.3 Å². The highest BCUT2D eigenvalue weighted by molar-refractivity contribution is 5.79. The van der Waals surface area contributed by atoms with Gasteiger partial charge in [0.1, 0.15) is 0 Å². The fourth-order valence-corrected chi connectivity index (χ4v) is 1.93. The van der Waals surface area contributed by atoms with Crippen molar-refractivity contribution in [2.24, 2.45) is 5.73 Å². The molecule has 0 radical (unpaired) electrons. The third-order valence-electron chi connectivity index (χ3n) is 2.81. The number of aliphatic hydroxyl groups is 1. The van der Waals surface area contributed by atoms with E-state index < -0.39 is 0 Å². The van der Waals surface area contributed by atoms with Crippen molar-refractivity contribution in [3.05, 3.63) is 0 Å². The Morgan fingerprint density at radius 3 is 2.54 bits per heavy atom. The number of rotatable bonds is 4. The lowest BCUT2D eigenvalue weighted by Gasteiger charge is -2.30. The van der Waals surface area contributed by atoms with Gasteiger partial charge in [0, 0.05) is 5.54 Å². The van der Waals surface area contributed by atoms with Gasteiger partial charge in [0.25, 0.3) is 0 Å². The monoisotopic (exact) mass is 186 g/mol. The van der Waals surface area contributed by atoms with Crippen molar-refractivity contribution in [1.82, 2.24) is 5.32 Å². The molecule has 0 aromatic carbocycles. The molecular formula is C9H18N2O2. The second-order valence-corrected chi connectivity index (χ2v) is 3.91. The first kappa shape index (κ1) is 10.5. The van der Waals surface area contributed by atoms with Crippen molar-refractivity contribution >= 4 is 5.91 Å². The van der Waals surface area contributed by atoms with E-state index >= 15 is 0 Å². The van der Waals surface area contributed by atoms with E-state index in [0.717, 1.165) is 25.7 Å². The maximum absolute atomic E-state index is 10.8. The summed E-state index contributed by atoms with van der Waals surface area (Å²) in [5, 5.41) is 12.3. The van der Waals surface area contributed by atoms with E-state index in [1.165, 1.54) is 0 Å². The SMILES string of the molecule is CC(NC1(CO)CCCC1)C(N)=O. The highest BCUT2D eigenvalue weighted by Gasteiger charge is 2.34. The first-order valence-corrected chi connectivity index (χ1v) is 4.77. The third kappa shape index (κ3) is 2.42. The van der Waals surface area contributed by atoms with Gasteiger partial charge in [-0.25, -0.2) is 0 Å². The van der Waals surface area contributed by atoms with Gasteiger partial charge in [-0.3, -0.25) is 10.1 Å². The summed E-state index contributed by atoms with van der Waals surface area (Å²) in [6.07, 6.45) is 4.08. The number of carbonyl (C=O) groups excluding carboxylic acids is 1. The van der Waals surface area contributed by atoms with Crippen LogP contribution in [0, 0.1) is 0 Å². The molecule has 0 saturated heterocycles. The van der Waals surface area contributed by atoms with Crippen LogP contribution < -0.4 is 11.1 Å². The summed E-state index contributed by atoms with van der Waals surface area (Å²) in [4.78, 5) is 10.8. The zero-order valence-corrected chi connectivity index (χ0v) is 8.05. The largest absolute Gasteiger partial charge is 0.394 e. The van der Waals surface area contributed by atoms with E-state index in [4.69, 9.17) is 5.73 Å². The van der Waals surface area contributed by atoms with Gasteiger partial charge >= 0.3 is 0 Å². The van der Waals surface area contributed by atoms with E-state index in [1.54, 1.807) is 6.92 Å². The molecule has 4 N–H and O–H groups in total. The first-order chi connectivity index (χ1) is 6.09. The van der Waals surface area contributed by atoms with Gasteiger partial charge in [-0.2, -0.15) is 0 Å². The molecule has 4 heteroatoms. The van der Waals surface area contributed by atoms with E-state index in [-0.39, 0.29) is 24.1 Å². The van der Waals surface area contributed by atoms with Gasteiger partial charge in [-0.05, 0) is 19.8 Å². The minimum absolute atomic E-state index is 0.0879. The minimum Gasteiger partial charge on any atom is -0.394 e. The molecule has 0 aromatic heterocycles. The molecule has 0 bridgehead atoms. The summed E-state index contributed by atoms with van der Waals surface area (Å²) >= 11 is 0. The maximum Gasteiger partial charge on any atom is 0.234 e. The van der Waals surface area contributed by atoms with Crippen LogP contribution in [-0.4, -0.2) is 29.2 Å². The van der Waals surface area contributed by atoms with Crippen LogP contribution in [0.2, 0.25) is 0 Å². The molecule has 0 aromatic rings. The zero-order chi connectivity index (χ0) is 9.90. The lowest BCUT2D eigenvalue weighted by atomic mass is 9.97. The summed E-state index contributed by atoms with van der Waals surface area (Å²) < 4.78 is 0. The number of hydrogen-bond acceptors (Lipinski definition) is 3. The minimum atomic E-state index is -0.361. The second kappa shape index (κ2) is 4.07. The van der Waals surface area contributed by atoms with E-state index in [9.17, 15) is 9.90 Å². The molecular weight excluding hydrogens is 168 g/mol. The number of nitrogens with two attached hydrogens (primary N) is 1. The third-order valence-corrected chi connectivity index (χ3v) is 2.81. The predicted octanol–water partition coefficient (Wildman–Crippen LogP) is -0.245. The molecule has 1 atom stereocenters. The Balaban J connectivity index is 2.52. The van der Waals surface area contributed by atoms with Crippen LogP contribution in [0.15, 0.2) is 0 Å². The van der Waals surface area contributed by atoms with Crippen LogP contribution >= 0.6 is 0 Å². The Hall–Kier alpha value is -0.610. The average Bonchev–Trinajstić information content (AvgIpc) is 2.54. The zero-order valence-electron chi connectivity index (χ0n) is 8.05. The molecule has 76 valence electrons. The number of carbonyl (C=O) groups is 1. The predicted molar refractivity (Wildman–Crippen MR) is 50.1 cm³/mol. The fourth-order valence-electron chi connectivity index (χ4n) is 1.93. The van der Waals surface area contributed by atoms with Crippen molar-refractivity contribution in [2.75, 3.05) is 6.61 Å². The molecule has 1 rings (SSSR count). The molecule has 1 saturated carbocycles. The van der Waals surface area contributed by atoms with Crippen molar-refractivity contribution in [2.45, 2.75) is 44.2 Å². The summed E-state index contributed by atoms with van der Waals surface area (Å²) in [5.41, 5.74) is 4.89. The number of primary amides is 1. The summed E-state index contributed by atoms with van der Waals surface area (Å²) in [7, 11) is 0. The van der Waals surface area contributed by atoms with Crippen LogP contribution in [-0.2, 0) is 4.79 Å². The quantitative estimate of drug-likeness (QED) is 0.567.